The number of carbonyl (C=O) groups excluding carboxylic acids is 3. The highest BCUT2D eigenvalue weighted by molar-refractivity contribution is 6.30. The van der Waals surface area contributed by atoms with E-state index in [4.69, 9.17) is 22.1 Å². The molecule has 0 aromatic heterocycles. The zero-order valence-corrected chi connectivity index (χ0v) is 23.5. The molecule has 2 N–H and O–H groups in total. The second kappa shape index (κ2) is 11.7. The highest BCUT2D eigenvalue weighted by Crippen LogP contribution is 2.43. The molecule has 0 spiro atoms. The predicted molar refractivity (Wildman–Crippen MR) is 157 cm³/mol. The van der Waals surface area contributed by atoms with Gasteiger partial charge in [0.05, 0.1) is 12.1 Å². The Morgan fingerprint density at radius 2 is 1.57 bits per heavy atom. The number of halogens is 1. The van der Waals surface area contributed by atoms with Gasteiger partial charge in [0.2, 0.25) is 11.8 Å². The molecule has 1 aliphatic carbocycles. The maximum Gasteiger partial charge on any atom is 0.258 e. The van der Waals surface area contributed by atoms with Crippen LogP contribution in [0.1, 0.15) is 67.9 Å². The zero-order valence-electron chi connectivity index (χ0n) is 22.8. The number of anilines is 2. The minimum Gasteiger partial charge on any atom is -0.490 e. The molecule has 1 heterocycles. The molecule has 2 unspecified atom stereocenters. The van der Waals surface area contributed by atoms with E-state index in [-0.39, 0.29) is 41.8 Å². The molecular formula is C32H34ClN3O4. The van der Waals surface area contributed by atoms with E-state index >= 15 is 0 Å². The molecular weight excluding hydrogens is 526 g/mol. The number of hydrogen-bond donors (Lipinski definition) is 1. The molecule has 7 nitrogen and oxygen atoms in total. The number of para-hydroxylation sites is 1. The van der Waals surface area contributed by atoms with Gasteiger partial charge in [-0.1, -0.05) is 29.8 Å². The Balaban J connectivity index is 1.35. The number of fused-ring (bicyclic) bond motifs is 1. The average Bonchev–Trinajstić information content (AvgIpc) is 2.94. The third-order valence-electron chi connectivity index (χ3n) is 8.02. The molecule has 0 bridgehead atoms. The molecule has 3 aromatic rings. The first-order valence-electron chi connectivity index (χ1n) is 13.8. The van der Waals surface area contributed by atoms with Gasteiger partial charge in [-0.2, -0.15) is 0 Å². The average molecular weight is 560 g/mol. The standard InChI is InChI=1S/C32H34ClN3O4/c1-20-19-30(36(21(2)37)25-13-11-24(33)12-14-25)28-5-3-4-6-29(28)35(20)32(39)23-9-17-27(18-10-23)40-26-15-7-22(8-16-26)31(34)38/h3-6,9-14,17-18,20,22,26,30H,7-8,15-16,19H2,1-2H3,(H2,34,38). The molecule has 40 heavy (non-hydrogen) atoms. The van der Waals surface area contributed by atoms with E-state index in [1.807, 2.05) is 60.4 Å². The van der Waals surface area contributed by atoms with Crippen LogP contribution in [0.3, 0.4) is 0 Å². The second-order valence-electron chi connectivity index (χ2n) is 10.7. The number of rotatable bonds is 6. The molecule has 2 aliphatic rings. The molecule has 1 fully saturated rings. The fourth-order valence-corrected chi connectivity index (χ4v) is 6.12. The van der Waals surface area contributed by atoms with Gasteiger partial charge >= 0.3 is 0 Å². The van der Waals surface area contributed by atoms with Gasteiger partial charge in [-0.15, -0.1) is 0 Å². The van der Waals surface area contributed by atoms with Crippen molar-refractivity contribution in [1.82, 2.24) is 0 Å². The van der Waals surface area contributed by atoms with Crippen LogP contribution in [0.15, 0.2) is 72.8 Å². The smallest absolute Gasteiger partial charge is 0.258 e. The minimum absolute atomic E-state index is 0.0351. The highest BCUT2D eigenvalue weighted by Gasteiger charge is 2.38. The summed E-state index contributed by atoms with van der Waals surface area (Å²) in [4.78, 5) is 41.8. The van der Waals surface area contributed by atoms with E-state index in [1.54, 1.807) is 36.1 Å². The summed E-state index contributed by atoms with van der Waals surface area (Å²) in [5.74, 6) is 0.217. The molecule has 0 saturated heterocycles. The fourth-order valence-electron chi connectivity index (χ4n) is 5.99. The molecule has 2 atom stereocenters. The number of nitrogens with two attached hydrogens (primary N) is 1. The van der Waals surface area contributed by atoms with Crippen LogP contribution >= 0.6 is 11.6 Å². The Kier molecular flexibility index (Phi) is 8.12. The quantitative estimate of drug-likeness (QED) is 0.384. The first-order valence-corrected chi connectivity index (χ1v) is 14.1. The molecule has 1 aliphatic heterocycles. The van der Waals surface area contributed by atoms with Crippen molar-refractivity contribution in [3.8, 4) is 5.75 Å². The molecule has 0 radical (unpaired) electrons. The highest BCUT2D eigenvalue weighted by atomic mass is 35.5. The summed E-state index contributed by atoms with van der Waals surface area (Å²) < 4.78 is 6.13. The lowest BCUT2D eigenvalue weighted by atomic mass is 9.87. The molecule has 1 saturated carbocycles. The van der Waals surface area contributed by atoms with Crippen molar-refractivity contribution in [3.05, 3.63) is 88.9 Å². The molecule has 3 aromatic carbocycles. The van der Waals surface area contributed by atoms with Crippen LogP contribution in [0, 0.1) is 5.92 Å². The molecule has 8 heteroatoms. The van der Waals surface area contributed by atoms with E-state index in [0.717, 1.165) is 42.6 Å². The first-order chi connectivity index (χ1) is 19.2. The van der Waals surface area contributed by atoms with Gasteiger partial charge in [-0.05, 0) is 99.2 Å². The lowest BCUT2D eigenvalue weighted by Gasteiger charge is -2.43. The Bertz CT molecular complexity index is 1380. The number of carbonyl (C=O) groups is 3. The lowest BCUT2D eigenvalue weighted by molar-refractivity contribution is -0.123. The third-order valence-corrected chi connectivity index (χ3v) is 8.27. The predicted octanol–water partition coefficient (Wildman–Crippen LogP) is 6.30. The Morgan fingerprint density at radius 3 is 2.20 bits per heavy atom. The van der Waals surface area contributed by atoms with Crippen LogP contribution in [-0.2, 0) is 9.59 Å². The number of amides is 3. The van der Waals surface area contributed by atoms with Crippen LogP contribution in [0.25, 0.3) is 0 Å². The number of hydrogen-bond acceptors (Lipinski definition) is 4. The maximum absolute atomic E-state index is 13.8. The van der Waals surface area contributed by atoms with Gasteiger partial charge in [0.15, 0.2) is 0 Å². The monoisotopic (exact) mass is 559 g/mol. The fraction of sp³-hybridized carbons (Fsp3) is 0.344. The summed E-state index contributed by atoms with van der Waals surface area (Å²) in [5, 5.41) is 0.605. The van der Waals surface area contributed by atoms with Crippen molar-refractivity contribution in [2.75, 3.05) is 9.80 Å². The van der Waals surface area contributed by atoms with Gasteiger partial charge in [0, 0.05) is 40.8 Å². The van der Waals surface area contributed by atoms with Crippen LogP contribution in [-0.4, -0.2) is 29.9 Å². The summed E-state index contributed by atoms with van der Waals surface area (Å²) >= 11 is 6.10. The summed E-state index contributed by atoms with van der Waals surface area (Å²) in [6, 6.07) is 21.9. The number of primary amides is 1. The Labute approximate surface area is 239 Å². The van der Waals surface area contributed by atoms with Gasteiger partial charge in [0.1, 0.15) is 5.75 Å². The first kappa shape index (κ1) is 27.7. The molecule has 208 valence electrons. The third kappa shape index (κ3) is 5.70. The summed E-state index contributed by atoms with van der Waals surface area (Å²) in [6.45, 7) is 3.58. The lowest BCUT2D eigenvalue weighted by Crippen LogP contribution is -2.47. The van der Waals surface area contributed by atoms with E-state index in [0.29, 0.717) is 22.8 Å². The van der Waals surface area contributed by atoms with Crippen molar-refractivity contribution >= 4 is 40.7 Å². The summed E-state index contributed by atoms with van der Waals surface area (Å²) in [7, 11) is 0. The Hall–Kier alpha value is -3.84. The van der Waals surface area contributed by atoms with E-state index in [9.17, 15) is 14.4 Å². The van der Waals surface area contributed by atoms with Crippen LogP contribution in [0.4, 0.5) is 11.4 Å². The molecule has 3 amide bonds. The van der Waals surface area contributed by atoms with E-state index in [1.165, 1.54) is 0 Å². The Morgan fingerprint density at radius 1 is 0.925 bits per heavy atom. The van der Waals surface area contributed by atoms with Gasteiger partial charge < -0.3 is 20.3 Å². The normalized spacial score (nSPS) is 22.2. The van der Waals surface area contributed by atoms with Crippen LogP contribution in [0.2, 0.25) is 5.02 Å². The number of benzene rings is 3. The SMILES string of the molecule is CC(=O)N(c1ccc(Cl)cc1)C1CC(C)N(C(=O)c2ccc(OC3CCC(C(N)=O)CC3)cc2)c2ccccc21. The maximum atomic E-state index is 13.8. The minimum atomic E-state index is -0.236. The van der Waals surface area contributed by atoms with E-state index < -0.39 is 0 Å². The largest absolute Gasteiger partial charge is 0.490 e. The van der Waals surface area contributed by atoms with Crippen molar-refractivity contribution in [1.29, 1.82) is 0 Å². The number of ether oxygens (including phenoxy) is 1. The van der Waals surface area contributed by atoms with Crippen LogP contribution in [0.5, 0.6) is 5.75 Å². The van der Waals surface area contributed by atoms with Crippen molar-refractivity contribution in [2.24, 2.45) is 11.7 Å². The van der Waals surface area contributed by atoms with E-state index in [2.05, 4.69) is 0 Å². The van der Waals surface area contributed by atoms with Crippen molar-refractivity contribution in [3.63, 3.8) is 0 Å². The molecule has 5 rings (SSSR count). The summed E-state index contributed by atoms with van der Waals surface area (Å²) in [6.07, 6.45) is 3.66. The van der Waals surface area contributed by atoms with Crippen molar-refractivity contribution < 1.29 is 19.1 Å². The van der Waals surface area contributed by atoms with Gasteiger partial charge in [-0.3, -0.25) is 14.4 Å². The van der Waals surface area contributed by atoms with Crippen molar-refractivity contribution in [2.45, 2.75) is 64.1 Å². The van der Waals surface area contributed by atoms with Gasteiger partial charge in [0.25, 0.3) is 5.91 Å². The second-order valence-corrected chi connectivity index (χ2v) is 11.2. The summed E-state index contributed by atoms with van der Waals surface area (Å²) in [5.41, 5.74) is 8.48. The van der Waals surface area contributed by atoms with Gasteiger partial charge in [-0.25, -0.2) is 0 Å². The topological polar surface area (TPSA) is 92.9 Å². The zero-order chi connectivity index (χ0) is 28.4. The number of nitrogens with zero attached hydrogens (tertiary/aromatic N) is 2. The van der Waals surface area contributed by atoms with Crippen LogP contribution < -0.4 is 20.3 Å².